The van der Waals surface area contributed by atoms with E-state index in [4.69, 9.17) is 0 Å². The van der Waals surface area contributed by atoms with Gasteiger partial charge in [0.1, 0.15) is 0 Å². The maximum atomic E-state index is 11.7. The summed E-state index contributed by atoms with van der Waals surface area (Å²) >= 11 is 0. The lowest BCUT2D eigenvalue weighted by atomic mass is 10.0. The monoisotopic (exact) mass is 165 g/mol. The number of piperidine rings is 1. The van der Waals surface area contributed by atoms with Crippen molar-refractivity contribution < 1.29 is 13.5 Å². The molecule has 1 saturated heterocycles. The Morgan fingerprint density at radius 1 is 1.45 bits per heavy atom. The molecular weight excluding hydrogens is 152 g/mol. The van der Waals surface area contributed by atoms with E-state index in [1.54, 1.807) is 0 Å². The van der Waals surface area contributed by atoms with Crippen molar-refractivity contribution in [3.63, 3.8) is 0 Å². The first kappa shape index (κ1) is 8.87. The number of alkyl halides is 2. The van der Waals surface area contributed by atoms with Crippen LogP contribution in [0.2, 0.25) is 0 Å². The summed E-state index contributed by atoms with van der Waals surface area (Å²) in [6.07, 6.45) is 1.35. The van der Waals surface area contributed by atoms with Gasteiger partial charge >= 0.3 is 6.61 Å². The Kier molecular flexibility index (Phi) is 3.20. The van der Waals surface area contributed by atoms with Crippen molar-refractivity contribution in [1.29, 1.82) is 0 Å². The van der Waals surface area contributed by atoms with Crippen LogP contribution in [0.3, 0.4) is 0 Å². The average Bonchev–Trinajstić information content (AvgIpc) is 1.93. The van der Waals surface area contributed by atoms with Crippen LogP contribution < -0.4 is 5.32 Å². The molecule has 1 fully saturated rings. The zero-order chi connectivity index (χ0) is 8.27. The lowest BCUT2D eigenvalue weighted by molar-refractivity contribution is -0.167. The third-order valence-electron chi connectivity index (χ3n) is 1.91. The van der Waals surface area contributed by atoms with E-state index in [0.29, 0.717) is 12.6 Å². The minimum absolute atomic E-state index is 0.300. The minimum Gasteiger partial charge on any atom is -0.318 e. The standard InChI is InChI=1S/C7H13F2NO/c1-5-2-3-6(4-10-5)11-7(8)9/h5-7,10H,2-4H2,1H3. The van der Waals surface area contributed by atoms with Crippen LogP contribution in [0.1, 0.15) is 19.8 Å². The van der Waals surface area contributed by atoms with Gasteiger partial charge in [0.25, 0.3) is 0 Å². The summed E-state index contributed by atoms with van der Waals surface area (Å²) in [7, 11) is 0. The molecule has 11 heavy (non-hydrogen) atoms. The van der Waals surface area contributed by atoms with E-state index in [0.717, 1.165) is 12.8 Å². The molecule has 0 saturated carbocycles. The van der Waals surface area contributed by atoms with Crippen LogP contribution in [-0.2, 0) is 4.74 Å². The molecule has 2 nitrogen and oxygen atoms in total. The molecule has 2 unspecified atom stereocenters. The molecule has 1 aliphatic heterocycles. The predicted octanol–water partition coefficient (Wildman–Crippen LogP) is 1.37. The Balaban J connectivity index is 2.17. The topological polar surface area (TPSA) is 21.3 Å². The van der Waals surface area contributed by atoms with Gasteiger partial charge in [-0.3, -0.25) is 0 Å². The first-order valence-corrected chi connectivity index (χ1v) is 3.85. The SMILES string of the molecule is CC1CCC(OC(F)F)CN1. The molecule has 0 aliphatic carbocycles. The van der Waals surface area contributed by atoms with E-state index in [1.165, 1.54) is 0 Å². The Morgan fingerprint density at radius 3 is 2.64 bits per heavy atom. The smallest absolute Gasteiger partial charge is 0.318 e. The van der Waals surface area contributed by atoms with Gasteiger partial charge in [-0.15, -0.1) is 0 Å². The summed E-state index contributed by atoms with van der Waals surface area (Å²) in [5.74, 6) is 0. The quantitative estimate of drug-likeness (QED) is 0.667. The van der Waals surface area contributed by atoms with Crippen molar-refractivity contribution in [3.05, 3.63) is 0 Å². The zero-order valence-corrected chi connectivity index (χ0v) is 6.52. The fraction of sp³-hybridized carbons (Fsp3) is 1.00. The highest BCUT2D eigenvalue weighted by Gasteiger charge is 2.20. The van der Waals surface area contributed by atoms with Crippen LogP contribution in [0.15, 0.2) is 0 Å². The fourth-order valence-electron chi connectivity index (χ4n) is 1.23. The molecule has 1 aliphatic rings. The van der Waals surface area contributed by atoms with Gasteiger partial charge in [-0.05, 0) is 19.8 Å². The number of ether oxygens (including phenoxy) is 1. The Morgan fingerprint density at radius 2 is 2.18 bits per heavy atom. The summed E-state index contributed by atoms with van der Waals surface area (Å²) in [6.45, 7) is -0.0420. The molecule has 0 aromatic rings. The summed E-state index contributed by atoms with van der Waals surface area (Å²) in [4.78, 5) is 0. The van der Waals surface area contributed by atoms with E-state index < -0.39 is 6.61 Å². The normalized spacial score (nSPS) is 32.7. The number of halogens is 2. The van der Waals surface area contributed by atoms with Crippen molar-refractivity contribution in [1.82, 2.24) is 5.32 Å². The molecule has 1 N–H and O–H groups in total. The Bertz CT molecular complexity index is 113. The van der Waals surface area contributed by atoms with Gasteiger partial charge in [0.15, 0.2) is 0 Å². The van der Waals surface area contributed by atoms with Crippen molar-refractivity contribution in [2.45, 2.75) is 38.5 Å². The first-order chi connectivity index (χ1) is 5.18. The largest absolute Gasteiger partial charge is 0.345 e. The van der Waals surface area contributed by atoms with E-state index in [2.05, 4.69) is 10.1 Å². The molecule has 0 aromatic carbocycles. The summed E-state index contributed by atoms with van der Waals surface area (Å²) < 4.78 is 27.7. The number of rotatable bonds is 2. The Hall–Kier alpha value is -0.220. The molecule has 0 spiro atoms. The summed E-state index contributed by atoms with van der Waals surface area (Å²) in [5.41, 5.74) is 0. The molecule has 0 bridgehead atoms. The maximum Gasteiger partial charge on any atom is 0.345 e. The number of nitrogens with one attached hydrogen (secondary N) is 1. The third-order valence-corrected chi connectivity index (χ3v) is 1.91. The summed E-state index contributed by atoms with van der Waals surface area (Å²) in [5, 5.41) is 3.08. The van der Waals surface area contributed by atoms with Gasteiger partial charge in [0.2, 0.25) is 0 Å². The van der Waals surface area contributed by atoms with E-state index in [1.807, 2.05) is 6.92 Å². The van der Waals surface area contributed by atoms with E-state index >= 15 is 0 Å². The number of hydrogen-bond donors (Lipinski definition) is 1. The molecule has 1 heterocycles. The molecule has 4 heteroatoms. The highest BCUT2D eigenvalue weighted by molar-refractivity contribution is 4.74. The van der Waals surface area contributed by atoms with Crippen molar-refractivity contribution >= 4 is 0 Å². The van der Waals surface area contributed by atoms with Gasteiger partial charge in [-0.1, -0.05) is 0 Å². The van der Waals surface area contributed by atoms with E-state index in [9.17, 15) is 8.78 Å². The van der Waals surface area contributed by atoms with Crippen LogP contribution >= 0.6 is 0 Å². The average molecular weight is 165 g/mol. The Labute approximate surface area is 64.9 Å². The minimum atomic E-state index is -2.63. The van der Waals surface area contributed by atoms with Gasteiger partial charge < -0.3 is 10.1 Å². The molecule has 0 radical (unpaired) electrons. The highest BCUT2D eigenvalue weighted by Crippen LogP contribution is 2.13. The second-order valence-corrected chi connectivity index (χ2v) is 2.91. The maximum absolute atomic E-state index is 11.7. The van der Waals surface area contributed by atoms with Gasteiger partial charge in [-0.25, -0.2) is 0 Å². The van der Waals surface area contributed by atoms with E-state index in [-0.39, 0.29) is 6.10 Å². The lowest BCUT2D eigenvalue weighted by Crippen LogP contribution is -2.41. The molecule has 0 aromatic heterocycles. The summed E-state index contributed by atoms with van der Waals surface area (Å²) in [6, 6.07) is 0.438. The van der Waals surface area contributed by atoms with Crippen LogP contribution in [0.25, 0.3) is 0 Å². The molecule has 2 atom stereocenters. The fourth-order valence-corrected chi connectivity index (χ4v) is 1.23. The van der Waals surface area contributed by atoms with Crippen molar-refractivity contribution in [3.8, 4) is 0 Å². The lowest BCUT2D eigenvalue weighted by Gasteiger charge is -2.27. The highest BCUT2D eigenvalue weighted by atomic mass is 19.3. The number of hydrogen-bond acceptors (Lipinski definition) is 2. The van der Waals surface area contributed by atoms with Crippen LogP contribution in [0, 0.1) is 0 Å². The van der Waals surface area contributed by atoms with Crippen molar-refractivity contribution in [2.24, 2.45) is 0 Å². The zero-order valence-electron chi connectivity index (χ0n) is 6.52. The van der Waals surface area contributed by atoms with Crippen molar-refractivity contribution in [2.75, 3.05) is 6.54 Å². The molecular formula is C7H13F2NO. The predicted molar refractivity (Wildman–Crippen MR) is 37.6 cm³/mol. The van der Waals surface area contributed by atoms with Crippen LogP contribution in [0.4, 0.5) is 8.78 Å². The van der Waals surface area contributed by atoms with Crippen LogP contribution in [-0.4, -0.2) is 25.3 Å². The molecule has 66 valence electrons. The second kappa shape index (κ2) is 3.97. The van der Waals surface area contributed by atoms with Gasteiger partial charge in [-0.2, -0.15) is 8.78 Å². The first-order valence-electron chi connectivity index (χ1n) is 3.85. The molecule has 1 rings (SSSR count). The van der Waals surface area contributed by atoms with Gasteiger partial charge in [0.05, 0.1) is 6.10 Å². The molecule has 0 amide bonds. The van der Waals surface area contributed by atoms with Crippen LogP contribution in [0.5, 0.6) is 0 Å². The third kappa shape index (κ3) is 3.12. The van der Waals surface area contributed by atoms with Gasteiger partial charge in [0, 0.05) is 12.6 Å². The second-order valence-electron chi connectivity index (χ2n) is 2.91.